The van der Waals surface area contributed by atoms with Crippen LogP contribution in [0, 0.1) is 5.92 Å². The zero-order valence-corrected chi connectivity index (χ0v) is 9.80. The first-order valence-corrected chi connectivity index (χ1v) is 5.63. The van der Waals surface area contributed by atoms with Gasteiger partial charge < -0.3 is 15.3 Å². The van der Waals surface area contributed by atoms with E-state index in [1.807, 2.05) is 13.8 Å². The molecule has 0 saturated carbocycles. The fraction of sp³-hybridized carbons (Fsp3) is 0.538. The monoisotopic (exact) mass is 224 g/mol. The summed E-state index contributed by atoms with van der Waals surface area (Å²) in [4.78, 5) is 0. The molecule has 0 bridgehead atoms. The Bertz CT molecular complexity index is 305. The quantitative estimate of drug-likeness (QED) is 0.713. The molecule has 2 atom stereocenters. The van der Waals surface area contributed by atoms with Crippen LogP contribution in [0.15, 0.2) is 24.3 Å². The Morgan fingerprint density at radius 1 is 1.00 bits per heavy atom. The largest absolute Gasteiger partial charge is 0.508 e. The van der Waals surface area contributed by atoms with Gasteiger partial charge in [0.25, 0.3) is 0 Å². The summed E-state index contributed by atoms with van der Waals surface area (Å²) in [6.45, 7) is 4.02. The van der Waals surface area contributed by atoms with E-state index in [1.54, 1.807) is 24.3 Å². The van der Waals surface area contributed by atoms with Crippen LogP contribution in [0.4, 0.5) is 0 Å². The third kappa shape index (κ3) is 4.21. The first kappa shape index (κ1) is 13.0. The van der Waals surface area contributed by atoms with Crippen LogP contribution >= 0.6 is 0 Å². The highest BCUT2D eigenvalue weighted by atomic mass is 16.3. The number of benzene rings is 1. The summed E-state index contributed by atoms with van der Waals surface area (Å²) in [5.41, 5.74) is 0.910. The van der Waals surface area contributed by atoms with Crippen molar-refractivity contribution in [2.45, 2.75) is 38.9 Å². The summed E-state index contributed by atoms with van der Waals surface area (Å²) in [6.07, 6.45) is -0.423. The molecule has 1 aromatic rings. The zero-order valence-electron chi connectivity index (χ0n) is 9.80. The maximum Gasteiger partial charge on any atom is 0.115 e. The molecule has 3 N–H and O–H groups in total. The van der Waals surface area contributed by atoms with Gasteiger partial charge in [-0.05, 0) is 30.0 Å². The summed E-state index contributed by atoms with van der Waals surface area (Å²) in [6, 6.07) is 6.66. The van der Waals surface area contributed by atoms with Crippen LogP contribution in [0.3, 0.4) is 0 Å². The van der Waals surface area contributed by atoms with Gasteiger partial charge in [-0.2, -0.15) is 0 Å². The van der Waals surface area contributed by atoms with E-state index in [0.717, 1.165) is 5.56 Å². The Morgan fingerprint density at radius 2 is 1.56 bits per heavy atom. The number of aromatic hydroxyl groups is 1. The van der Waals surface area contributed by atoms with E-state index in [-0.39, 0.29) is 5.75 Å². The van der Waals surface area contributed by atoms with Crippen molar-refractivity contribution in [2.24, 2.45) is 5.92 Å². The van der Waals surface area contributed by atoms with Crippen LogP contribution in [-0.2, 0) is 6.42 Å². The Balaban J connectivity index is 2.50. The summed E-state index contributed by atoms with van der Waals surface area (Å²) in [5.74, 6) is 0.574. The van der Waals surface area contributed by atoms with Gasteiger partial charge in [-0.15, -0.1) is 0 Å². The highest BCUT2D eigenvalue weighted by molar-refractivity contribution is 5.26. The van der Waals surface area contributed by atoms with Crippen molar-refractivity contribution in [2.75, 3.05) is 0 Å². The normalized spacial score (nSPS) is 15.1. The van der Waals surface area contributed by atoms with Gasteiger partial charge in [-0.1, -0.05) is 26.0 Å². The molecule has 0 heterocycles. The van der Waals surface area contributed by atoms with Gasteiger partial charge in [0, 0.05) is 6.42 Å². The van der Waals surface area contributed by atoms with E-state index in [2.05, 4.69) is 0 Å². The number of rotatable bonds is 5. The Morgan fingerprint density at radius 3 is 2.06 bits per heavy atom. The van der Waals surface area contributed by atoms with Gasteiger partial charge in [0.2, 0.25) is 0 Å². The van der Waals surface area contributed by atoms with Crippen LogP contribution in [0.2, 0.25) is 0 Å². The van der Waals surface area contributed by atoms with Crippen LogP contribution in [0.1, 0.15) is 25.8 Å². The fourth-order valence-corrected chi connectivity index (χ4v) is 1.65. The number of phenolic OH excluding ortho intramolecular Hbond substituents is 1. The lowest BCUT2D eigenvalue weighted by Gasteiger charge is -2.19. The second-order valence-corrected chi connectivity index (χ2v) is 4.63. The minimum atomic E-state index is -0.744. The highest BCUT2D eigenvalue weighted by Gasteiger charge is 2.17. The molecular formula is C13H20O3. The van der Waals surface area contributed by atoms with E-state index in [1.165, 1.54) is 0 Å². The van der Waals surface area contributed by atoms with Crippen molar-refractivity contribution >= 4 is 0 Å². The summed E-state index contributed by atoms with van der Waals surface area (Å²) in [7, 11) is 0. The average molecular weight is 224 g/mol. The van der Waals surface area contributed by atoms with Crippen molar-refractivity contribution < 1.29 is 15.3 Å². The van der Waals surface area contributed by atoms with Crippen molar-refractivity contribution in [3.05, 3.63) is 29.8 Å². The molecule has 0 aliphatic rings. The van der Waals surface area contributed by atoms with Crippen LogP contribution in [-0.4, -0.2) is 27.5 Å². The van der Waals surface area contributed by atoms with E-state index < -0.39 is 12.2 Å². The first-order chi connectivity index (χ1) is 7.49. The SMILES string of the molecule is CC(C)CC(O)C(O)Cc1ccc(O)cc1. The van der Waals surface area contributed by atoms with Gasteiger partial charge >= 0.3 is 0 Å². The Hall–Kier alpha value is -1.06. The summed E-state index contributed by atoms with van der Waals surface area (Å²) in [5, 5.41) is 28.6. The Labute approximate surface area is 96.4 Å². The van der Waals surface area contributed by atoms with Crippen LogP contribution < -0.4 is 0 Å². The predicted molar refractivity (Wildman–Crippen MR) is 63.3 cm³/mol. The lowest BCUT2D eigenvalue weighted by atomic mass is 9.97. The minimum Gasteiger partial charge on any atom is -0.508 e. The molecule has 0 fully saturated rings. The van der Waals surface area contributed by atoms with Crippen LogP contribution in [0.5, 0.6) is 5.75 Å². The van der Waals surface area contributed by atoms with Crippen LogP contribution in [0.25, 0.3) is 0 Å². The molecule has 0 spiro atoms. The molecule has 0 aliphatic carbocycles. The highest BCUT2D eigenvalue weighted by Crippen LogP contribution is 2.15. The van der Waals surface area contributed by atoms with Gasteiger partial charge in [0.05, 0.1) is 12.2 Å². The number of phenols is 1. The molecule has 0 aromatic heterocycles. The van der Waals surface area contributed by atoms with E-state index in [9.17, 15) is 10.2 Å². The molecule has 1 aromatic carbocycles. The lowest BCUT2D eigenvalue weighted by Crippen LogP contribution is -2.29. The third-order valence-corrected chi connectivity index (χ3v) is 2.54. The number of hydrogen-bond donors (Lipinski definition) is 3. The molecule has 0 amide bonds. The van der Waals surface area contributed by atoms with Gasteiger partial charge in [-0.3, -0.25) is 0 Å². The molecule has 2 unspecified atom stereocenters. The average Bonchev–Trinajstić information content (AvgIpc) is 2.20. The molecule has 0 aliphatic heterocycles. The van der Waals surface area contributed by atoms with Crippen molar-refractivity contribution in [3.8, 4) is 5.75 Å². The molecule has 0 saturated heterocycles. The van der Waals surface area contributed by atoms with Crippen molar-refractivity contribution in [1.82, 2.24) is 0 Å². The Kier molecular flexibility index (Phi) is 4.77. The number of hydrogen-bond acceptors (Lipinski definition) is 3. The second kappa shape index (κ2) is 5.87. The first-order valence-electron chi connectivity index (χ1n) is 5.63. The molecular weight excluding hydrogens is 204 g/mol. The lowest BCUT2D eigenvalue weighted by molar-refractivity contribution is 0.00815. The number of aliphatic hydroxyl groups is 2. The van der Waals surface area contributed by atoms with Crippen molar-refractivity contribution in [3.63, 3.8) is 0 Å². The van der Waals surface area contributed by atoms with Crippen molar-refractivity contribution in [1.29, 1.82) is 0 Å². The third-order valence-electron chi connectivity index (χ3n) is 2.54. The number of aliphatic hydroxyl groups excluding tert-OH is 2. The molecule has 3 nitrogen and oxygen atoms in total. The zero-order chi connectivity index (χ0) is 12.1. The second-order valence-electron chi connectivity index (χ2n) is 4.63. The fourth-order valence-electron chi connectivity index (χ4n) is 1.65. The van der Waals surface area contributed by atoms with Gasteiger partial charge in [0.15, 0.2) is 0 Å². The minimum absolute atomic E-state index is 0.209. The van der Waals surface area contributed by atoms with E-state index in [4.69, 9.17) is 5.11 Å². The van der Waals surface area contributed by atoms with Gasteiger partial charge in [-0.25, -0.2) is 0 Å². The maximum absolute atomic E-state index is 9.78. The smallest absolute Gasteiger partial charge is 0.115 e. The predicted octanol–water partition coefficient (Wildman–Crippen LogP) is 1.70. The molecule has 1 rings (SSSR count). The summed E-state index contributed by atoms with van der Waals surface area (Å²) >= 11 is 0. The molecule has 0 radical (unpaired) electrons. The topological polar surface area (TPSA) is 60.7 Å². The maximum atomic E-state index is 9.78. The standard InChI is InChI=1S/C13H20O3/c1-9(2)7-12(15)13(16)8-10-3-5-11(14)6-4-10/h3-6,9,12-16H,7-8H2,1-2H3. The molecule has 90 valence electrons. The summed E-state index contributed by atoms with van der Waals surface area (Å²) < 4.78 is 0. The molecule has 3 heteroatoms. The van der Waals surface area contributed by atoms with E-state index in [0.29, 0.717) is 18.8 Å². The molecule has 16 heavy (non-hydrogen) atoms. The van der Waals surface area contributed by atoms with Gasteiger partial charge in [0.1, 0.15) is 5.75 Å². The van der Waals surface area contributed by atoms with E-state index >= 15 is 0 Å².